The molecule has 2 rings (SSSR count). The highest BCUT2D eigenvalue weighted by Gasteiger charge is 2.15. The number of aromatic nitrogens is 1. The van der Waals surface area contributed by atoms with Crippen LogP contribution in [0.2, 0.25) is 0 Å². The zero-order valence-corrected chi connectivity index (χ0v) is 11.5. The average molecular weight is 271 g/mol. The van der Waals surface area contributed by atoms with Crippen molar-refractivity contribution in [1.29, 1.82) is 0 Å². The molecule has 0 spiro atoms. The fourth-order valence-electron chi connectivity index (χ4n) is 1.93. The summed E-state index contributed by atoms with van der Waals surface area (Å²) in [5.41, 5.74) is 8.65. The van der Waals surface area contributed by atoms with Crippen molar-refractivity contribution in [3.8, 4) is 5.75 Å². The maximum atomic E-state index is 12.2. The lowest BCUT2D eigenvalue weighted by atomic mass is 10.1. The van der Waals surface area contributed by atoms with Crippen LogP contribution in [0.25, 0.3) is 0 Å². The molecule has 0 aliphatic carbocycles. The first-order valence-corrected chi connectivity index (χ1v) is 6.23. The van der Waals surface area contributed by atoms with Crippen molar-refractivity contribution >= 4 is 11.6 Å². The van der Waals surface area contributed by atoms with E-state index in [-0.39, 0.29) is 5.91 Å². The molecule has 20 heavy (non-hydrogen) atoms. The van der Waals surface area contributed by atoms with E-state index in [2.05, 4.69) is 10.3 Å². The van der Waals surface area contributed by atoms with Crippen LogP contribution in [-0.4, -0.2) is 18.0 Å². The summed E-state index contributed by atoms with van der Waals surface area (Å²) in [5.74, 6) is 0.213. The Bertz CT molecular complexity index is 626. The topological polar surface area (TPSA) is 77.2 Å². The zero-order valence-electron chi connectivity index (χ0n) is 11.5. The Morgan fingerprint density at radius 1 is 1.40 bits per heavy atom. The highest BCUT2D eigenvalue weighted by atomic mass is 16.5. The van der Waals surface area contributed by atoms with Crippen LogP contribution >= 0.6 is 0 Å². The van der Waals surface area contributed by atoms with Crippen molar-refractivity contribution in [2.75, 3.05) is 12.8 Å². The first-order chi connectivity index (χ1) is 9.63. The normalized spacial score (nSPS) is 10.1. The van der Waals surface area contributed by atoms with Gasteiger partial charge in [0.15, 0.2) is 0 Å². The van der Waals surface area contributed by atoms with Gasteiger partial charge in [0.25, 0.3) is 5.91 Å². The molecule has 0 bridgehead atoms. The monoisotopic (exact) mass is 271 g/mol. The quantitative estimate of drug-likeness (QED) is 0.833. The highest BCUT2D eigenvalue weighted by molar-refractivity contribution is 6.01. The summed E-state index contributed by atoms with van der Waals surface area (Å²) >= 11 is 0. The smallest absolute Gasteiger partial charge is 0.257 e. The molecule has 1 amide bonds. The van der Waals surface area contributed by atoms with Gasteiger partial charge in [-0.3, -0.25) is 9.78 Å². The second-order valence-corrected chi connectivity index (χ2v) is 4.41. The largest absolute Gasteiger partial charge is 0.496 e. The molecule has 1 aromatic heterocycles. The van der Waals surface area contributed by atoms with Crippen molar-refractivity contribution < 1.29 is 9.53 Å². The molecule has 5 heteroatoms. The number of hydrogen-bond donors (Lipinski definition) is 2. The van der Waals surface area contributed by atoms with Gasteiger partial charge in [0.1, 0.15) is 11.3 Å². The SMILES string of the molecule is COc1cccc(N)c1C(=O)NCc1ccncc1C. The van der Waals surface area contributed by atoms with E-state index in [4.69, 9.17) is 10.5 Å². The molecule has 0 saturated carbocycles. The molecule has 0 atom stereocenters. The van der Waals surface area contributed by atoms with Crippen LogP contribution in [0, 0.1) is 6.92 Å². The number of carbonyl (C=O) groups is 1. The van der Waals surface area contributed by atoms with Gasteiger partial charge in [0, 0.05) is 24.6 Å². The van der Waals surface area contributed by atoms with Gasteiger partial charge in [-0.05, 0) is 36.2 Å². The third-order valence-electron chi connectivity index (χ3n) is 3.08. The lowest BCUT2D eigenvalue weighted by Crippen LogP contribution is -2.24. The number of nitrogens with two attached hydrogens (primary N) is 1. The molecule has 3 N–H and O–H groups in total. The predicted octanol–water partition coefficient (Wildman–Crippen LogP) is 1.91. The number of aryl methyl sites for hydroxylation is 1. The minimum Gasteiger partial charge on any atom is -0.496 e. The number of amides is 1. The van der Waals surface area contributed by atoms with Crippen LogP contribution in [0.5, 0.6) is 5.75 Å². The summed E-state index contributed by atoms with van der Waals surface area (Å²) in [5, 5.41) is 2.84. The van der Waals surface area contributed by atoms with Gasteiger partial charge in [-0.1, -0.05) is 6.07 Å². The highest BCUT2D eigenvalue weighted by Crippen LogP contribution is 2.23. The number of hydrogen-bond acceptors (Lipinski definition) is 4. The fraction of sp³-hybridized carbons (Fsp3) is 0.200. The Kier molecular flexibility index (Phi) is 4.20. The fourth-order valence-corrected chi connectivity index (χ4v) is 1.93. The third-order valence-corrected chi connectivity index (χ3v) is 3.08. The second-order valence-electron chi connectivity index (χ2n) is 4.41. The van der Waals surface area contributed by atoms with Crippen LogP contribution < -0.4 is 15.8 Å². The maximum absolute atomic E-state index is 12.2. The number of anilines is 1. The number of benzene rings is 1. The third kappa shape index (κ3) is 2.88. The number of nitrogen functional groups attached to an aromatic ring is 1. The first kappa shape index (κ1) is 13.9. The van der Waals surface area contributed by atoms with E-state index in [9.17, 15) is 4.79 Å². The Morgan fingerprint density at radius 2 is 2.20 bits per heavy atom. The Morgan fingerprint density at radius 3 is 2.90 bits per heavy atom. The Labute approximate surface area is 117 Å². The van der Waals surface area contributed by atoms with Gasteiger partial charge >= 0.3 is 0 Å². The van der Waals surface area contributed by atoms with Crippen molar-refractivity contribution in [2.24, 2.45) is 0 Å². The number of pyridine rings is 1. The summed E-state index contributed by atoms with van der Waals surface area (Å²) in [6, 6.07) is 7.01. The van der Waals surface area contributed by atoms with Gasteiger partial charge in [-0.15, -0.1) is 0 Å². The average Bonchev–Trinajstić information content (AvgIpc) is 2.45. The molecular weight excluding hydrogens is 254 g/mol. The second kappa shape index (κ2) is 6.06. The molecule has 2 aromatic rings. The number of nitrogens with zero attached hydrogens (tertiary/aromatic N) is 1. The predicted molar refractivity (Wildman–Crippen MR) is 77.6 cm³/mol. The Hall–Kier alpha value is -2.56. The maximum Gasteiger partial charge on any atom is 0.257 e. The van der Waals surface area contributed by atoms with Gasteiger partial charge in [0.2, 0.25) is 0 Å². The molecule has 104 valence electrons. The van der Waals surface area contributed by atoms with Gasteiger partial charge in [-0.2, -0.15) is 0 Å². The minimum atomic E-state index is -0.254. The molecule has 5 nitrogen and oxygen atoms in total. The molecule has 1 heterocycles. The summed E-state index contributed by atoms with van der Waals surface area (Å²) in [4.78, 5) is 16.3. The van der Waals surface area contributed by atoms with Gasteiger partial charge < -0.3 is 15.8 Å². The molecule has 0 saturated heterocycles. The number of rotatable bonds is 4. The van der Waals surface area contributed by atoms with Crippen LogP contribution in [0.4, 0.5) is 5.69 Å². The number of nitrogens with one attached hydrogen (secondary N) is 1. The van der Waals surface area contributed by atoms with E-state index in [1.807, 2.05) is 13.0 Å². The number of methoxy groups -OCH3 is 1. The van der Waals surface area contributed by atoms with Crippen LogP contribution in [0.3, 0.4) is 0 Å². The van der Waals surface area contributed by atoms with Crippen LogP contribution in [0.15, 0.2) is 36.7 Å². The van der Waals surface area contributed by atoms with Gasteiger partial charge in [0.05, 0.1) is 7.11 Å². The lowest BCUT2D eigenvalue weighted by Gasteiger charge is -2.12. The summed E-state index contributed by atoms with van der Waals surface area (Å²) in [6.45, 7) is 2.37. The Balaban J connectivity index is 2.15. The van der Waals surface area contributed by atoms with E-state index >= 15 is 0 Å². The number of ether oxygens (including phenoxy) is 1. The van der Waals surface area contributed by atoms with E-state index in [0.29, 0.717) is 23.5 Å². The lowest BCUT2D eigenvalue weighted by molar-refractivity contribution is 0.0949. The standard InChI is InChI=1S/C15H17N3O2/c1-10-8-17-7-6-11(10)9-18-15(19)14-12(16)4-3-5-13(14)20-2/h3-8H,9,16H2,1-2H3,(H,18,19). The van der Waals surface area contributed by atoms with Crippen molar-refractivity contribution in [1.82, 2.24) is 10.3 Å². The molecule has 1 aromatic carbocycles. The summed E-state index contributed by atoms with van der Waals surface area (Å²) < 4.78 is 5.17. The van der Waals surface area contributed by atoms with E-state index in [0.717, 1.165) is 11.1 Å². The molecule has 0 aliphatic rings. The first-order valence-electron chi connectivity index (χ1n) is 6.23. The van der Waals surface area contributed by atoms with Crippen molar-refractivity contribution in [3.63, 3.8) is 0 Å². The summed E-state index contributed by atoms with van der Waals surface area (Å²) in [7, 11) is 1.51. The van der Waals surface area contributed by atoms with E-state index in [1.54, 1.807) is 30.6 Å². The van der Waals surface area contributed by atoms with Crippen LogP contribution in [0.1, 0.15) is 21.5 Å². The van der Waals surface area contributed by atoms with Crippen molar-refractivity contribution in [2.45, 2.75) is 13.5 Å². The van der Waals surface area contributed by atoms with Crippen LogP contribution in [-0.2, 0) is 6.54 Å². The molecule has 0 radical (unpaired) electrons. The molecular formula is C15H17N3O2. The zero-order chi connectivity index (χ0) is 14.5. The van der Waals surface area contributed by atoms with Crippen molar-refractivity contribution in [3.05, 3.63) is 53.3 Å². The van der Waals surface area contributed by atoms with E-state index < -0.39 is 0 Å². The molecule has 0 aliphatic heterocycles. The number of carbonyl (C=O) groups excluding carboxylic acids is 1. The summed E-state index contributed by atoms with van der Waals surface area (Å²) in [6.07, 6.45) is 3.46. The van der Waals surface area contributed by atoms with E-state index in [1.165, 1.54) is 7.11 Å². The minimum absolute atomic E-state index is 0.254. The molecule has 0 fully saturated rings. The molecule has 0 unspecified atom stereocenters. The van der Waals surface area contributed by atoms with Gasteiger partial charge in [-0.25, -0.2) is 0 Å².